The lowest BCUT2D eigenvalue weighted by Gasteiger charge is -2.40. The second kappa shape index (κ2) is 7.46. The molecule has 7 heteroatoms. The molecule has 0 unspecified atom stereocenters. The number of rotatable bonds is 3. The molecule has 1 aliphatic carbocycles. The minimum absolute atomic E-state index is 0.0144. The molecular weight excluding hydrogens is 344 g/mol. The first-order valence-electron chi connectivity index (χ1n) is 10.0. The van der Waals surface area contributed by atoms with Crippen molar-refractivity contribution in [3.8, 4) is 0 Å². The highest BCUT2D eigenvalue weighted by Gasteiger charge is 2.27. The van der Waals surface area contributed by atoms with Gasteiger partial charge < -0.3 is 9.32 Å². The molecule has 1 aliphatic heterocycles. The van der Waals surface area contributed by atoms with Gasteiger partial charge >= 0.3 is 0 Å². The third kappa shape index (κ3) is 3.52. The SMILES string of the molecule is Cc1oc2ncn(CC(=O)N3CCN(C4CCCCC4)CC3)c(=O)c2c1C. The third-order valence-corrected chi connectivity index (χ3v) is 6.22. The monoisotopic (exact) mass is 372 g/mol. The quantitative estimate of drug-likeness (QED) is 0.825. The molecule has 3 heterocycles. The van der Waals surface area contributed by atoms with Gasteiger partial charge in [-0.15, -0.1) is 0 Å². The molecule has 4 rings (SSSR count). The van der Waals surface area contributed by atoms with E-state index in [0.717, 1.165) is 31.7 Å². The minimum Gasteiger partial charge on any atom is -0.443 e. The van der Waals surface area contributed by atoms with Gasteiger partial charge in [0.1, 0.15) is 24.0 Å². The van der Waals surface area contributed by atoms with Crippen molar-refractivity contribution in [3.05, 3.63) is 28.0 Å². The summed E-state index contributed by atoms with van der Waals surface area (Å²) in [4.78, 5) is 34.1. The van der Waals surface area contributed by atoms with Crippen LogP contribution in [0.4, 0.5) is 0 Å². The van der Waals surface area contributed by atoms with Gasteiger partial charge in [-0.3, -0.25) is 19.1 Å². The van der Waals surface area contributed by atoms with Gasteiger partial charge in [-0.25, -0.2) is 4.98 Å². The predicted octanol–water partition coefficient (Wildman–Crippen LogP) is 2.08. The van der Waals surface area contributed by atoms with Crippen molar-refractivity contribution in [2.24, 2.45) is 0 Å². The van der Waals surface area contributed by atoms with E-state index in [2.05, 4.69) is 9.88 Å². The standard InChI is InChI=1S/C20H28N4O3/c1-14-15(2)27-19-18(14)20(26)24(13-21-19)12-17(25)23-10-8-22(9-11-23)16-6-4-3-5-7-16/h13,16H,3-12H2,1-2H3. The Hall–Kier alpha value is -2.15. The first-order chi connectivity index (χ1) is 13.0. The lowest BCUT2D eigenvalue weighted by molar-refractivity contribution is -0.134. The normalized spacial score (nSPS) is 19.7. The van der Waals surface area contributed by atoms with E-state index in [9.17, 15) is 9.59 Å². The zero-order valence-electron chi connectivity index (χ0n) is 16.2. The minimum atomic E-state index is -0.205. The molecule has 2 aromatic heterocycles. The van der Waals surface area contributed by atoms with Crippen LogP contribution in [0.15, 0.2) is 15.5 Å². The molecule has 2 aromatic rings. The van der Waals surface area contributed by atoms with Crippen LogP contribution in [-0.2, 0) is 11.3 Å². The molecule has 2 aliphatic rings. The summed E-state index contributed by atoms with van der Waals surface area (Å²) in [6, 6.07) is 0.692. The fourth-order valence-corrected chi connectivity index (χ4v) is 4.41. The van der Waals surface area contributed by atoms with Gasteiger partial charge in [0.25, 0.3) is 5.56 Å². The van der Waals surface area contributed by atoms with E-state index >= 15 is 0 Å². The fraction of sp³-hybridized carbons (Fsp3) is 0.650. The van der Waals surface area contributed by atoms with Gasteiger partial charge in [0, 0.05) is 37.8 Å². The van der Waals surface area contributed by atoms with Crippen molar-refractivity contribution in [2.45, 2.75) is 58.5 Å². The molecule has 0 aromatic carbocycles. The summed E-state index contributed by atoms with van der Waals surface area (Å²) >= 11 is 0. The van der Waals surface area contributed by atoms with Gasteiger partial charge in [0.15, 0.2) is 0 Å². The Morgan fingerprint density at radius 1 is 1.15 bits per heavy atom. The summed E-state index contributed by atoms with van der Waals surface area (Å²) in [6.07, 6.45) is 8.02. The topological polar surface area (TPSA) is 71.6 Å². The number of carbonyl (C=O) groups excluding carboxylic acids is 1. The average Bonchev–Trinajstić information content (AvgIpc) is 2.99. The number of aromatic nitrogens is 2. The van der Waals surface area contributed by atoms with Crippen LogP contribution in [0.2, 0.25) is 0 Å². The maximum absolute atomic E-state index is 12.7. The lowest BCUT2D eigenvalue weighted by Crippen LogP contribution is -2.53. The second-order valence-electron chi connectivity index (χ2n) is 7.85. The van der Waals surface area contributed by atoms with Gasteiger partial charge in [0.2, 0.25) is 11.6 Å². The van der Waals surface area contributed by atoms with Crippen LogP contribution in [0.1, 0.15) is 43.4 Å². The van der Waals surface area contributed by atoms with Crippen LogP contribution in [0.5, 0.6) is 0 Å². The first-order valence-corrected chi connectivity index (χ1v) is 10.0. The first kappa shape index (κ1) is 18.2. The van der Waals surface area contributed by atoms with Gasteiger partial charge in [-0.05, 0) is 26.7 Å². The van der Waals surface area contributed by atoms with E-state index in [1.807, 2.05) is 18.7 Å². The van der Waals surface area contributed by atoms with Crippen LogP contribution in [0.25, 0.3) is 11.1 Å². The van der Waals surface area contributed by atoms with Crippen molar-refractivity contribution >= 4 is 17.0 Å². The Morgan fingerprint density at radius 3 is 2.56 bits per heavy atom. The summed E-state index contributed by atoms with van der Waals surface area (Å²) in [6.45, 7) is 7.05. The van der Waals surface area contributed by atoms with Gasteiger partial charge in [0.05, 0.1) is 0 Å². The summed E-state index contributed by atoms with van der Waals surface area (Å²) in [5, 5.41) is 0.477. The average molecular weight is 372 g/mol. The van der Waals surface area contributed by atoms with Crippen LogP contribution in [0.3, 0.4) is 0 Å². The van der Waals surface area contributed by atoms with Crippen LogP contribution in [0, 0.1) is 13.8 Å². The van der Waals surface area contributed by atoms with Gasteiger partial charge in [-0.1, -0.05) is 19.3 Å². The zero-order valence-corrected chi connectivity index (χ0v) is 16.2. The molecule has 7 nitrogen and oxygen atoms in total. The molecular formula is C20H28N4O3. The number of carbonyl (C=O) groups is 1. The van der Waals surface area contributed by atoms with E-state index in [0.29, 0.717) is 22.9 Å². The molecule has 0 N–H and O–H groups in total. The molecule has 0 spiro atoms. The molecule has 2 fully saturated rings. The van der Waals surface area contributed by atoms with Crippen LogP contribution >= 0.6 is 0 Å². The van der Waals surface area contributed by atoms with E-state index < -0.39 is 0 Å². The fourth-order valence-electron chi connectivity index (χ4n) is 4.41. The molecule has 146 valence electrons. The van der Waals surface area contributed by atoms with Crippen LogP contribution in [-0.4, -0.2) is 57.5 Å². The van der Waals surface area contributed by atoms with Crippen LogP contribution < -0.4 is 5.56 Å². The summed E-state index contributed by atoms with van der Waals surface area (Å²) in [7, 11) is 0. The van der Waals surface area contributed by atoms with Gasteiger partial charge in [-0.2, -0.15) is 0 Å². The molecule has 0 radical (unpaired) electrons. The predicted molar refractivity (Wildman–Crippen MR) is 103 cm³/mol. The smallest absolute Gasteiger partial charge is 0.265 e. The van der Waals surface area contributed by atoms with E-state index in [1.165, 1.54) is 43.0 Å². The van der Waals surface area contributed by atoms with Crippen molar-refractivity contribution < 1.29 is 9.21 Å². The highest BCUT2D eigenvalue weighted by atomic mass is 16.3. The van der Waals surface area contributed by atoms with E-state index in [4.69, 9.17) is 4.42 Å². The third-order valence-electron chi connectivity index (χ3n) is 6.22. The summed E-state index contributed by atoms with van der Waals surface area (Å²) in [5.74, 6) is 0.678. The Bertz CT molecular complexity index is 886. The number of amides is 1. The molecule has 1 saturated heterocycles. The highest BCUT2D eigenvalue weighted by molar-refractivity contribution is 5.79. The van der Waals surface area contributed by atoms with Crippen molar-refractivity contribution in [3.63, 3.8) is 0 Å². The number of aryl methyl sites for hydroxylation is 2. The maximum atomic E-state index is 12.7. The lowest BCUT2D eigenvalue weighted by atomic mass is 9.94. The Kier molecular flexibility index (Phi) is 5.04. The molecule has 1 saturated carbocycles. The largest absolute Gasteiger partial charge is 0.443 e. The molecule has 0 atom stereocenters. The number of fused-ring (bicyclic) bond motifs is 1. The number of furan rings is 1. The van der Waals surface area contributed by atoms with Crippen molar-refractivity contribution in [1.82, 2.24) is 19.4 Å². The van der Waals surface area contributed by atoms with E-state index in [-0.39, 0.29) is 18.0 Å². The highest BCUT2D eigenvalue weighted by Crippen LogP contribution is 2.23. The van der Waals surface area contributed by atoms with Crippen molar-refractivity contribution in [1.29, 1.82) is 0 Å². The Labute approximate surface area is 158 Å². The van der Waals surface area contributed by atoms with E-state index in [1.54, 1.807) is 0 Å². The summed E-state index contributed by atoms with van der Waals surface area (Å²) in [5.41, 5.74) is 0.939. The second-order valence-corrected chi connectivity index (χ2v) is 7.85. The van der Waals surface area contributed by atoms with Crippen molar-refractivity contribution in [2.75, 3.05) is 26.2 Å². The number of hydrogen-bond donors (Lipinski definition) is 0. The maximum Gasteiger partial charge on any atom is 0.265 e. The Balaban J connectivity index is 1.41. The molecule has 0 bridgehead atoms. The number of piperazine rings is 1. The zero-order chi connectivity index (χ0) is 19.0. The number of hydrogen-bond acceptors (Lipinski definition) is 5. The number of nitrogens with zero attached hydrogens (tertiary/aromatic N) is 4. The molecule has 27 heavy (non-hydrogen) atoms. The Morgan fingerprint density at radius 2 is 1.85 bits per heavy atom. The summed E-state index contributed by atoms with van der Waals surface area (Å²) < 4.78 is 6.90. The molecule has 1 amide bonds.